The number of nitrogens with one attached hydrogen (secondary N) is 1. The minimum Gasteiger partial charge on any atom is -0.394 e. The van der Waals surface area contributed by atoms with Gasteiger partial charge in [0.15, 0.2) is 0 Å². The van der Waals surface area contributed by atoms with E-state index in [9.17, 15) is 9.90 Å². The third-order valence-electron chi connectivity index (χ3n) is 4.31. The van der Waals surface area contributed by atoms with Gasteiger partial charge in [-0.15, -0.1) is 0 Å². The van der Waals surface area contributed by atoms with Gasteiger partial charge in [0.2, 0.25) is 0 Å². The lowest BCUT2D eigenvalue weighted by Crippen LogP contribution is -2.52. The predicted molar refractivity (Wildman–Crippen MR) is 79.2 cm³/mol. The first-order valence-corrected chi connectivity index (χ1v) is 7.55. The average molecular weight is 290 g/mol. The fourth-order valence-electron chi connectivity index (χ4n) is 2.99. The van der Waals surface area contributed by atoms with Crippen LogP contribution in [0.15, 0.2) is 18.2 Å². The summed E-state index contributed by atoms with van der Waals surface area (Å²) < 4.78 is 5.49. The van der Waals surface area contributed by atoms with E-state index in [1.807, 2.05) is 24.0 Å². The summed E-state index contributed by atoms with van der Waals surface area (Å²) in [4.78, 5) is 14.5. The van der Waals surface area contributed by atoms with Gasteiger partial charge in [0.1, 0.15) is 0 Å². The molecular weight excluding hydrogens is 268 g/mol. The summed E-state index contributed by atoms with van der Waals surface area (Å²) in [6, 6.07) is 6.02. The molecule has 5 heteroatoms. The number of rotatable bonds is 2. The average Bonchev–Trinajstić information content (AvgIpc) is 2.54. The number of aliphatic hydroxyl groups is 1. The number of nitrogens with zero attached hydrogens (tertiary/aromatic N) is 1. The summed E-state index contributed by atoms with van der Waals surface area (Å²) in [6.07, 6.45) is 0.745. The highest BCUT2D eigenvalue weighted by molar-refractivity contribution is 5.94. The van der Waals surface area contributed by atoms with Crippen molar-refractivity contribution in [1.29, 1.82) is 0 Å². The number of aliphatic hydroxyl groups excluding tert-OH is 1. The minimum atomic E-state index is -0.274. The van der Waals surface area contributed by atoms with Crippen molar-refractivity contribution >= 4 is 5.91 Å². The van der Waals surface area contributed by atoms with Crippen molar-refractivity contribution in [3.63, 3.8) is 0 Å². The normalized spacial score (nSPS) is 25.5. The van der Waals surface area contributed by atoms with E-state index in [2.05, 4.69) is 11.4 Å². The van der Waals surface area contributed by atoms with Crippen LogP contribution < -0.4 is 5.32 Å². The number of hydrogen-bond acceptors (Lipinski definition) is 4. The van der Waals surface area contributed by atoms with E-state index in [0.29, 0.717) is 13.2 Å². The lowest BCUT2D eigenvalue weighted by atomic mass is 9.98. The van der Waals surface area contributed by atoms with Crippen molar-refractivity contribution in [2.45, 2.75) is 32.0 Å². The molecule has 3 rings (SSSR count). The van der Waals surface area contributed by atoms with Gasteiger partial charge >= 0.3 is 0 Å². The number of carbonyl (C=O) groups excluding carboxylic acids is 1. The van der Waals surface area contributed by atoms with Crippen molar-refractivity contribution in [3.05, 3.63) is 34.9 Å². The number of benzene rings is 1. The van der Waals surface area contributed by atoms with E-state index in [-0.39, 0.29) is 24.7 Å². The van der Waals surface area contributed by atoms with Crippen molar-refractivity contribution < 1.29 is 14.6 Å². The van der Waals surface area contributed by atoms with Crippen molar-refractivity contribution in [2.24, 2.45) is 0 Å². The van der Waals surface area contributed by atoms with E-state index in [0.717, 1.165) is 25.1 Å². The van der Waals surface area contributed by atoms with Crippen LogP contribution in [-0.2, 0) is 17.7 Å². The second-order valence-corrected chi connectivity index (χ2v) is 5.85. The standard InChI is InChI=1S/C16H22N2O3/c1-11-10-21-15(9-19)8-18(11)16(20)13-3-2-12-4-5-17-7-14(12)6-13/h2-3,6,11,15,17,19H,4-5,7-10H2,1H3. The third kappa shape index (κ3) is 2.95. The molecule has 114 valence electrons. The Kier molecular flexibility index (Phi) is 4.24. The molecule has 1 aromatic carbocycles. The zero-order valence-electron chi connectivity index (χ0n) is 12.3. The SMILES string of the molecule is CC1COC(CO)CN1C(=O)c1ccc2c(c1)CNCC2. The Hall–Kier alpha value is -1.43. The maximum atomic E-state index is 12.7. The number of hydrogen-bond donors (Lipinski definition) is 2. The minimum absolute atomic E-state index is 0.0256. The molecule has 2 aliphatic rings. The summed E-state index contributed by atoms with van der Waals surface area (Å²) in [5.74, 6) is 0.0256. The van der Waals surface area contributed by atoms with Gasteiger partial charge in [-0.2, -0.15) is 0 Å². The van der Waals surface area contributed by atoms with Crippen LogP contribution in [-0.4, -0.2) is 54.4 Å². The van der Waals surface area contributed by atoms with Gasteiger partial charge in [-0.3, -0.25) is 4.79 Å². The first-order chi connectivity index (χ1) is 10.2. The highest BCUT2D eigenvalue weighted by Crippen LogP contribution is 2.20. The van der Waals surface area contributed by atoms with Crippen LogP contribution in [0.4, 0.5) is 0 Å². The van der Waals surface area contributed by atoms with Gasteiger partial charge < -0.3 is 20.1 Å². The van der Waals surface area contributed by atoms with E-state index in [1.165, 1.54) is 11.1 Å². The second-order valence-electron chi connectivity index (χ2n) is 5.85. The Morgan fingerprint density at radius 1 is 1.48 bits per heavy atom. The summed E-state index contributed by atoms with van der Waals surface area (Å²) in [5.41, 5.74) is 3.27. The Labute approximate surface area is 124 Å². The molecule has 2 aliphatic heterocycles. The van der Waals surface area contributed by atoms with Crippen molar-refractivity contribution in [3.8, 4) is 0 Å². The van der Waals surface area contributed by atoms with E-state index < -0.39 is 0 Å². The first-order valence-electron chi connectivity index (χ1n) is 7.55. The Balaban J connectivity index is 1.80. The first kappa shape index (κ1) is 14.5. The Morgan fingerprint density at radius 3 is 3.14 bits per heavy atom. The molecule has 21 heavy (non-hydrogen) atoms. The molecule has 2 N–H and O–H groups in total. The molecular formula is C16H22N2O3. The topological polar surface area (TPSA) is 61.8 Å². The van der Waals surface area contributed by atoms with Crippen LogP contribution in [0, 0.1) is 0 Å². The van der Waals surface area contributed by atoms with Crippen LogP contribution in [0.25, 0.3) is 0 Å². The zero-order chi connectivity index (χ0) is 14.8. The summed E-state index contributed by atoms with van der Waals surface area (Å²) in [5, 5.41) is 12.6. The molecule has 5 nitrogen and oxygen atoms in total. The number of morpholine rings is 1. The molecule has 1 fully saturated rings. The lowest BCUT2D eigenvalue weighted by Gasteiger charge is -2.37. The summed E-state index contributed by atoms with van der Waals surface area (Å²) >= 11 is 0. The number of fused-ring (bicyclic) bond motifs is 1. The summed E-state index contributed by atoms with van der Waals surface area (Å²) in [6.45, 7) is 4.68. The third-order valence-corrected chi connectivity index (χ3v) is 4.31. The number of carbonyl (C=O) groups is 1. The molecule has 2 heterocycles. The molecule has 0 saturated carbocycles. The number of amides is 1. The maximum absolute atomic E-state index is 12.7. The molecule has 0 spiro atoms. The zero-order valence-corrected chi connectivity index (χ0v) is 12.3. The molecule has 2 unspecified atom stereocenters. The van der Waals surface area contributed by atoms with E-state index >= 15 is 0 Å². The highest BCUT2D eigenvalue weighted by atomic mass is 16.5. The Bertz CT molecular complexity index is 532. The lowest BCUT2D eigenvalue weighted by molar-refractivity contribution is -0.0667. The van der Waals surface area contributed by atoms with Crippen LogP contribution in [0.1, 0.15) is 28.4 Å². The van der Waals surface area contributed by atoms with Crippen LogP contribution in [0.5, 0.6) is 0 Å². The summed E-state index contributed by atoms with van der Waals surface area (Å²) in [7, 11) is 0. The van der Waals surface area contributed by atoms with Gasteiger partial charge in [0.05, 0.1) is 25.4 Å². The molecule has 0 bridgehead atoms. The quantitative estimate of drug-likeness (QED) is 0.835. The monoisotopic (exact) mass is 290 g/mol. The largest absolute Gasteiger partial charge is 0.394 e. The van der Waals surface area contributed by atoms with Crippen LogP contribution in [0.2, 0.25) is 0 Å². The van der Waals surface area contributed by atoms with Crippen LogP contribution in [0.3, 0.4) is 0 Å². The van der Waals surface area contributed by atoms with Gasteiger partial charge in [0, 0.05) is 18.7 Å². The second kappa shape index (κ2) is 6.13. The van der Waals surface area contributed by atoms with E-state index in [1.54, 1.807) is 0 Å². The smallest absolute Gasteiger partial charge is 0.254 e. The molecule has 0 aromatic heterocycles. The number of ether oxygens (including phenoxy) is 1. The fraction of sp³-hybridized carbons (Fsp3) is 0.562. The molecule has 0 aliphatic carbocycles. The van der Waals surface area contributed by atoms with E-state index in [4.69, 9.17) is 4.74 Å². The molecule has 1 saturated heterocycles. The Morgan fingerprint density at radius 2 is 2.33 bits per heavy atom. The van der Waals surface area contributed by atoms with Crippen molar-refractivity contribution in [1.82, 2.24) is 10.2 Å². The van der Waals surface area contributed by atoms with Gasteiger partial charge in [-0.25, -0.2) is 0 Å². The maximum Gasteiger partial charge on any atom is 0.254 e. The predicted octanol–water partition coefficient (Wildman–Crippen LogP) is 0.554. The molecule has 1 amide bonds. The fourth-order valence-corrected chi connectivity index (χ4v) is 2.99. The van der Waals surface area contributed by atoms with Crippen LogP contribution >= 0.6 is 0 Å². The van der Waals surface area contributed by atoms with Crippen molar-refractivity contribution in [2.75, 3.05) is 26.3 Å². The molecule has 2 atom stereocenters. The van der Waals surface area contributed by atoms with Gasteiger partial charge in [-0.1, -0.05) is 6.07 Å². The highest BCUT2D eigenvalue weighted by Gasteiger charge is 2.30. The molecule has 1 aromatic rings. The molecule has 0 radical (unpaired) electrons. The van der Waals surface area contributed by atoms with Gasteiger partial charge in [0.25, 0.3) is 5.91 Å². The van der Waals surface area contributed by atoms with Gasteiger partial charge in [-0.05, 0) is 43.1 Å².